The summed E-state index contributed by atoms with van der Waals surface area (Å²) in [6.07, 6.45) is 0. The Balaban J connectivity index is 0.00000111. The predicted molar refractivity (Wildman–Crippen MR) is 224 cm³/mol. The van der Waals surface area contributed by atoms with Gasteiger partial charge in [0.25, 0.3) is 0 Å². The molecule has 0 saturated heterocycles. The van der Waals surface area contributed by atoms with Crippen LogP contribution in [0.2, 0.25) is 0 Å². The quantitative estimate of drug-likeness (QED) is 0.162. The first-order valence-corrected chi connectivity index (χ1v) is 22.0. The Morgan fingerprint density at radius 3 is 0.889 bits per heavy atom. The Hall–Kier alpha value is -4.72. The molecule has 0 N–H and O–H groups in total. The van der Waals surface area contributed by atoms with Gasteiger partial charge in [0, 0.05) is 27.2 Å². The molecule has 278 valence electrons. The molecule has 10 heteroatoms. The van der Waals surface area contributed by atoms with Crippen molar-refractivity contribution < 1.29 is 46.9 Å². The first-order valence-electron chi connectivity index (χ1n) is 16.0. The Labute approximate surface area is 335 Å². The van der Waals surface area contributed by atoms with Crippen LogP contribution >= 0.6 is 25.4 Å². The molecule has 0 unspecified atom stereocenters. The van der Waals surface area contributed by atoms with Gasteiger partial charge in [0.15, 0.2) is 0 Å². The number of para-hydroxylation sites is 2. The van der Waals surface area contributed by atoms with Gasteiger partial charge in [0.1, 0.15) is 45.4 Å². The van der Waals surface area contributed by atoms with Crippen molar-refractivity contribution in [1.29, 1.82) is 0 Å². The van der Waals surface area contributed by atoms with Crippen LogP contribution in [0.4, 0.5) is 0 Å². The monoisotopic (exact) mass is 950 g/mol. The molecule has 7 rings (SSSR count). The summed E-state index contributed by atoms with van der Waals surface area (Å²) in [5.41, 5.74) is 2.26. The fraction of sp³-hybridized carbons (Fsp3) is 0.0682. The fourth-order valence-electron chi connectivity index (χ4n) is 6.01. The van der Waals surface area contributed by atoms with Crippen molar-refractivity contribution >= 4 is 91.1 Å². The molecule has 1 aliphatic heterocycles. The van der Waals surface area contributed by atoms with E-state index in [0.717, 1.165) is 11.5 Å². The number of ether oxygens (including phenoxy) is 1. The Morgan fingerprint density at radius 1 is 0.407 bits per heavy atom. The van der Waals surface area contributed by atoms with Gasteiger partial charge in [-0.25, -0.2) is 0 Å². The summed E-state index contributed by atoms with van der Waals surface area (Å²) in [6.45, 7) is 14.7. The second kappa shape index (κ2) is 26.1. The number of hydrogen-bond acceptors (Lipinski definition) is 6. The van der Waals surface area contributed by atoms with Crippen LogP contribution in [0, 0.1) is 0 Å². The summed E-state index contributed by atoms with van der Waals surface area (Å²) in [5.74, 6) is 2.02. The van der Waals surface area contributed by atoms with Gasteiger partial charge in [-0.05, 0) is 37.1 Å². The van der Waals surface area contributed by atoms with E-state index in [1.165, 1.54) is 61.1 Å². The summed E-state index contributed by atoms with van der Waals surface area (Å²) < 4.78 is 7.26. The third-order valence-corrected chi connectivity index (χ3v) is 13.0. The zero-order chi connectivity index (χ0) is 40.5. The Morgan fingerprint density at radius 2 is 0.648 bits per heavy atom. The topological polar surface area (TPSA) is 94.6 Å². The van der Waals surface area contributed by atoms with E-state index in [2.05, 4.69) is 172 Å². The maximum absolute atomic E-state index is 8.00. The number of benzene rings is 6. The molecule has 6 aromatic rings. The Bertz CT molecular complexity index is 1710. The molecule has 1 heterocycles. The number of halogens is 1. The van der Waals surface area contributed by atoms with Gasteiger partial charge in [0.05, 0.1) is 0 Å². The molecular formula is C44H42ClO6P2Re. The molecule has 0 amide bonds. The fourth-order valence-corrected chi connectivity index (χ4v) is 10.8. The Kier molecular flexibility index (Phi) is 22.9. The van der Waals surface area contributed by atoms with Gasteiger partial charge in [0.2, 0.25) is 0 Å². The van der Waals surface area contributed by atoms with Gasteiger partial charge < -0.3 is 28.7 Å². The predicted octanol–water partition coefficient (Wildman–Crippen LogP) is 7.40. The van der Waals surface area contributed by atoms with E-state index in [1.54, 1.807) is 0 Å². The summed E-state index contributed by atoms with van der Waals surface area (Å²) in [6, 6.07) is 57.2. The van der Waals surface area contributed by atoms with Crippen LogP contribution in [0.15, 0.2) is 158 Å². The first kappa shape index (κ1) is 47.3. The van der Waals surface area contributed by atoms with E-state index in [1.807, 2.05) is 33.9 Å². The molecule has 0 atom stereocenters. The van der Waals surface area contributed by atoms with Crippen LogP contribution in [0.25, 0.3) is 0 Å². The zero-order valence-electron chi connectivity index (χ0n) is 30.1. The maximum atomic E-state index is 8.00. The van der Waals surface area contributed by atoms with Crippen molar-refractivity contribution in [1.82, 2.24) is 0 Å². The molecule has 54 heavy (non-hydrogen) atoms. The van der Waals surface area contributed by atoms with Crippen LogP contribution in [0.3, 0.4) is 0 Å². The first-order chi connectivity index (χ1) is 26.6. The normalized spacial score (nSPS) is 10.9. The standard InChI is InChI=1S/C39H32OP2.5CH2O.ClH.Re/c1-39(2)33-25-15-27-35(41(29-17-7-3-8-18-29)30-19-9-4-10-20-30)37(33)40-38-34(39)26-16-28-36(38)42(31-21-11-5-12-22-31)32-23-13-6-14-24-32;5*1-2;;/h3-28H,1-2H3;5*1H2;1H;/q;;;;;;;+1/p-1. The SMILES string of the molecule is C=O.C=O.C=O.C=O.C=O.CC1(C)c2cccc(P(c3ccccc3)c3ccccc3)c2Oc2c(P(c3ccccc3)c3ccccc3)cccc21.[Cl][Re]. The van der Waals surface area contributed by atoms with Gasteiger partial charge in [-0.2, -0.15) is 0 Å². The molecule has 0 saturated carbocycles. The molecule has 0 fully saturated rings. The molecule has 1 aliphatic rings. The minimum absolute atomic E-state index is 0.225. The van der Waals surface area contributed by atoms with Gasteiger partial charge in [-0.1, -0.05) is 172 Å². The van der Waals surface area contributed by atoms with Crippen molar-refractivity contribution in [3.8, 4) is 11.5 Å². The van der Waals surface area contributed by atoms with E-state index < -0.39 is 15.8 Å². The van der Waals surface area contributed by atoms with Crippen molar-refractivity contribution in [3.05, 3.63) is 169 Å². The number of carbonyl (C=O) groups excluding carboxylic acids is 5. The average Bonchev–Trinajstić information content (AvgIpc) is 3.27. The number of carbonyl (C=O) groups is 5. The van der Waals surface area contributed by atoms with Crippen LogP contribution < -0.4 is 36.6 Å². The van der Waals surface area contributed by atoms with Crippen molar-refractivity contribution in [2.75, 3.05) is 0 Å². The molecule has 0 aromatic heterocycles. The van der Waals surface area contributed by atoms with Crippen molar-refractivity contribution in [2.24, 2.45) is 0 Å². The molecule has 0 radical (unpaired) electrons. The molecule has 6 nitrogen and oxygen atoms in total. The van der Waals surface area contributed by atoms with Crippen LogP contribution in [0.1, 0.15) is 25.0 Å². The number of fused-ring (bicyclic) bond motifs is 2. The van der Waals surface area contributed by atoms with E-state index >= 15 is 0 Å². The van der Waals surface area contributed by atoms with Crippen LogP contribution in [-0.4, -0.2) is 33.9 Å². The minimum atomic E-state index is -0.824. The van der Waals surface area contributed by atoms with Gasteiger partial charge in [-0.15, -0.1) is 0 Å². The van der Waals surface area contributed by atoms with Crippen LogP contribution in [0.5, 0.6) is 11.5 Å². The van der Waals surface area contributed by atoms with E-state index in [4.69, 9.17) is 38.2 Å². The summed E-state index contributed by atoms with van der Waals surface area (Å²) in [7, 11) is 3.05. The van der Waals surface area contributed by atoms with Gasteiger partial charge >= 0.3 is 27.7 Å². The summed E-state index contributed by atoms with van der Waals surface area (Å²) in [4.78, 5) is 40.0. The third-order valence-electron chi connectivity index (χ3n) is 8.08. The molecular weight excluding hydrogens is 908 g/mol. The van der Waals surface area contributed by atoms with E-state index in [9.17, 15) is 0 Å². The van der Waals surface area contributed by atoms with Crippen LogP contribution in [-0.2, 0) is 47.6 Å². The molecule has 0 spiro atoms. The second-order valence-electron chi connectivity index (χ2n) is 11.0. The molecule has 6 aromatic carbocycles. The van der Waals surface area contributed by atoms with E-state index in [0.29, 0.717) is 0 Å². The molecule has 0 aliphatic carbocycles. The number of hydrogen-bond donors (Lipinski definition) is 0. The summed E-state index contributed by atoms with van der Waals surface area (Å²) >= 11 is 1.19. The van der Waals surface area contributed by atoms with Gasteiger partial charge in [-0.3, -0.25) is 0 Å². The summed E-state index contributed by atoms with van der Waals surface area (Å²) in [5, 5.41) is 7.81. The van der Waals surface area contributed by atoms with Crippen molar-refractivity contribution in [3.63, 3.8) is 0 Å². The van der Waals surface area contributed by atoms with E-state index in [-0.39, 0.29) is 5.41 Å². The average molecular weight is 950 g/mol. The van der Waals surface area contributed by atoms with Crippen molar-refractivity contribution in [2.45, 2.75) is 19.3 Å². The number of rotatable bonds is 6. The third kappa shape index (κ3) is 11.2. The second-order valence-corrected chi connectivity index (χ2v) is 15.4. The zero-order valence-corrected chi connectivity index (χ0v) is 35.4. The molecule has 0 bridgehead atoms.